The zero-order chi connectivity index (χ0) is 19.1. The number of amides is 1. The molecule has 1 amide bonds. The van der Waals surface area contributed by atoms with Gasteiger partial charge in [-0.3, -0.25) is 19.5 Å². The van der Waals surface area contributed by atoms with Gasteiger partial charge >= 0.3 is 0 Å². The number of pyridine rings is 1. The zero-order valence-corrected chi connectivity index (χ0v) is 15.6. The highest BCUT2D eigenvalue weighted by molar-refractivity contribution is 5.93. The molecule has 9 nitrogen and oxygen atoms in total. The lowest BCUT2D eigenvalue weighted by atomic mass is 10.1. The smallest absolute Gasteiger partial charge is 0.252 e. The molecule has 27 heavy (non-hydrogen) atoms. The Labute approximate surface area is 158 Å². The number of hydrogen-bond acceptors (Lipinski definition) is 5. The first kappa shape index (κ1) is 18.8. The normalized spacial score (nSPS) is 17.6. The first-order chi connectivity index (χ1) is 13.2. The molecular formula is C18H25N7O2. The molecule has 0 spiro atoms. The number of carbonyl (C=O) groups is 1. The van der Waals surface area contributed by atoms with Crippen LogP contribution in [0.2, 0.25) is 0 Å². The van der Waals surface area contributed by atoms with E-state index in [9.17, 15) is 4.79 Å². The Morgan fingerprint density at radius 1 is 1.37 bits per heavy atom. The highest BCUT2D eigenvalue weighted by Crippen LogP contribution is 2.21. The molecule has 1 unspecified atom stereocenters. The number of rotatable bonds is 5. The molecule has 0 aromatic carbocycles. The number of aromatic nitrogens is 3. The number of hydrogen-bond donors (Lipinski definition) is 2. The van der Waals surface area contributed by atoms with Crippen molar-refractivity contribution in [2.24, 2.45) is 12.0 Å². The summed E-state index contributed by atoms with van der Waals surface area (Å²) in [7, 11) is 3.65. The summed E-state index contributed by atoms with van der Waals surface area (Å²) in [5.41, 5.74) is 1.61. The fourth-order valence-electron chi connectivity index (χ4n) is 2.93. The van der Waals surface area contributed by atoms with E-state index in [1.165, 1.54) is 0 Å². The predicted molar refractivity (Wildman–Crippen MR) is 101 cm³/mol. The van der Waals surface area contributed by atoms with E-state index in [2.05, 4.69) is 30.6 Å². The van der Waals surface area contributed by atoms with Crippen LogP contribution in [0.4, 0.5) is 0 Å². The number of nitrogens with zero attached hydrogens (tertiary/aromatic N) is 5. The van der Waals surface area contributed by atoms with Gasteiger partial charge in [0.05, 0.1) is 24.9 Å². The molecule has 9 heteroatoms. The monoisotopic (exact) mass is 371 g/mol. The minimum Gasteiger partial charge on any atom is -0.370 e. The van der Waals surface area contributed by atoms with E-state index in [0.29, 0.717) is 31.8 Å². The lowest BCUT2D eigenvalue weighted by Crippen LogP contribution is -2.49. The summed E-state index contributed by atoms with van der Waals surface area (Å²) in [5, 5.41) is 10.4. The van der Waals surface area contributed by atoms with Crippen molar-refractivity contribution >= 4 is 11.9 Å². The Balaban J connectivity index is 1.46. The fourth-order valence-corrected chi connectivity index (χ4v) is 2.93. The second-order valence-corrected chi connectivity index (χ2v) is 6.22. The minimum absolute atomic E-state index is 0.0312. The SMILES string of the molecule is CN=C(NCCNC(=O)c1cccnc1)N1CCOC(c2cnn(C)c2)C1. The lowest BCUT2D eigenvalue weighted by Gasteiger charge is -2.34. The van der Waals surface area contributed by atoms with Crippen molar-refractivity contribution in [3.63, 3.8) is 0 Å². The van der Waals surface area contributed by atoms with Gasteiger partial charge in [0.2, 0.25) is 0 Å². The molecule has 2 aromatic rings. The van der Waals surface area contributed by atoms with Gasteiger partial charge < -0.3 is 20.3 Å². The summed E-state index contributed by atoms with van der Waals surface area (Å²) in [6, 6.07) is 3.48. The molecule has 0 aliphatic carbocycles. The van der Waals surface area contributed by atoms with Crippen LogP contribution in [0.1, 0.15) is 22.0 Å². The predicted octanol–water partition coefficient (Wildman–Crippen LogP) is 0.194. The van der Waals surface area contributed by atoms with Crippen molar-refractivity contribution in [3.05, 3.63) is 48.0 Å². The van der Waals surface area contributed by atoms with Crippen LogP contribution in [0.5, 0.6) is 0 Å². The van der Waals surface area contributed by atoms with Gasteiger partial charge in [0.1, 0.15) is 6.10 Å². The van der Waals surface area contributed by atoms with Crippen LogP contribution in [0, 0.1) is 0 Å². The van der Waals surface area contributed by atoms with Gasteiger partial charge in [-0.2, -0.15) is 5.10 Å². The molecule has 0 radical (unpaired) electrons. The van der Waals surface area contributed by atoms with E-state index >= 15 is 0 Å². The molecule has 1 saturated heterocycles. The maximum atomic E-state index is 12.0. The third kappa shape index (κ3) is 5.04. The summed E-state index contributed by atoms with van der Waals surface area (Å²) in [4.78, 5) is 22.5. The van der Waals surface area contributed by atoms with Crippen LogP contribution in [0.15, 0.2) is 41.9 Å². The Bertz CT molecular complexity index is 775. The van der Waals surface area contributed by atoms with Crippen LogP contribution in [-0.2, 0) is 11.8 Å². The van der Waals surface area contributed by atoms with Crippen LogP contribution in [0.25, 0.3) is 0 Å². The van der Waals surface area contributed by atoms with Crippen molar-refractivity contribution in [2.75, 3.05) is 39.8 Å². The van der Waals surface area contributed by atoms with E-state index < -0.39 is 0 Å². The highest BCUT2D eigenvalue weighted by Gasteiger charge is 2.25. The van der Waals surface area contributed by atoms with Gasteiger partial charge in [-0.15, -0.1) is 0 Å². The molecule has 1 atom stereocenters. The van der Waals surface area contributed by atoms with Crippen molar-refractivity contribution < 1.29 is 9.53 Å². The molecule has 1 fully saturated rings. The number of aliphatic imine (C=N–C) groups is 1. The quantitative estimate of drug-likeness (QED) is 0.443. The maximum absolute atomic E-state index is 12.0. The fraction of sp³-hybridized carbons (Fsp3) is 0.444. The van der Waals surface area contributed by atoms with Crippen molar-refractivity contribution in [1.29, 1.82) is 0 Å². The molecule has 3 heterocycles. The number of aryl methyl sites for hydroxylation is 1. The van der Waals surface area contributed by atoms with Gasteiger partial charge in [0.25, 0.3) is 5.91 Å². The summed E-state index contributed by atoms with van der Waals surface area (Å²) >= 11 is 0. The van der Waals surface area contributed by atoms with Crippen LogP contribution in [-0.4, -0.2) is 71.4 Å². The van der Waals surface area contributed by atoms with E-state index in [1.807, 2.05) is 19.4 Å². The van der Waals surface area contributed by atoms with E-state index in [0.717, 1.165) is 18.1 Å². The topological polar surface area (TPSA) is 96.7 Å². The molecule has 1 aliphatic heterocycles. The molecule has 2 aromatic heterocycles. The number of nitrogens with one attached hydrogen (secondary N) is 2. The molecule has 0 bridgehead atoms. The van der Waals surface area contributed by atoms with Gasteiger partial charge in [0, 0.05) is 57.9 Å². The summed E-state index contributed by atoms with van der Waals surface area (Å²) in [6.07, 6.45) is 6.96. The third-order valence-electron chi connectivity index (χ3n) is 4.29. The third-order valence-corrected chi connectivity index (χ3v) is 4.29. The Kier molecular flexibility index (Phi) is 6.37. The van der Waals surface area contributed by atoms with E-state index in [4.69, 9.17) is 4.74 Å². The van der Waals surface area contributed by atoms with Crippen molar-refractivity contribution in [1.82, 2.24) is 30.3 Å². The van der Waals surface area contributed by atoms with Gasteiger partial charge in [-0.1, -0.05) is 0 Å². The highest BCUT2D eigenvalue weighted by atomic mass is 16.5. The van der Waals surface area contributed by atoms with Gasteiger partial charge in [0.15, 0.2) is 5.96 Å². The van der Waals surface area contributed by atoms with Gasteiger partial charge in [-0.25, -0.2) is 0 Å². The lowest BCUT2D eigenvalue weighted by molar-refractivity contribution is -0.00800. The second-order valence-electron chi connectivity index (χ2n) is 6.22. The molecule has 1 aliphatic rings. The summed E-state index contributed by atoms with van der Waals surface area (Å²) in [5.74, 6) is 0.658. The molecular weight excluding hydrogens is 346 g/mol. The minimum atomic E-state index is -0.136. The molecule has 3 rings (SSSR count). The number of morpholine rings is 1. The Morgan fingerprint density at radius 3 is 2.93 bits per heavy atom. The van der Waals surface area contributed by atoms with Gasteiger partial charge in [-0.05, 0) is 12.1 Å². The Hall–Kier alpha value is -2.94. The largest absolute Gasteiger partial charge is 0.370 e. The average Bonchev–Trinajstić information content (AvgIpc) is 3.15. The van der Waals surface area contributed by atoms with Crippen molar-refractivity contribution in [3.8, 4) is 0 Å². The molecule has 0 saturated carbocycles. The van der Waals surface area contributed by atoms with E-state index in [1.54, 1.807) is 36.3 Å². The molecule has 2 N–H and O–H groups in total. The first-order valence-electron chi connectivity index (χ1n) is 8.91. The number of guanidine groups is 1. The number of ether oxygens (including phenoxy) is 1. The summed E-state index contributed by atoms with van der Waals surface area (Å²) < 4.78 is 7.64. The van der Waals surface area contributed by atoms with Crippen molar-refractivity contribution in [2.45, 2.75) is 6.10 Å². The Morgan fingerprint density at radius 2 is 2.22 bits per heavy atom. The van der Waals surface area contributed by atoms with Crippen LogP contribution < -0.4 is 10.6 Å². The molecule has 144 valence electrons. The zero-order valence-electron chi connectivity index (χ0n) is 15.6. The van der Waals surface area contributed by atoms with Crippen LogP contribution >= 0.6 is 0 Å². The number of carbonyl (C=O) groups excluding carboxylic acids is 1. The van der Waals surface area contributed by atoms with Crippen LogP contribution in [0.3, 0.4) is 0 Å². The van der Waals surface area contributed by atoms with E-state index in [-0.39, 0.29) is 12.0 Å². The summed E-state index contributed by atoms with van der Waals surface area (Å²) in [6.45, 7) is 3.15. The maximum Gasteiger partial charge on any atom is 0.252 e. The second kappa shape index (κ2) is 9.13. The first-order valence-corrected chi connectivity index (χ1v) is 8.91. The standard InChI is InChI=1S/C18H25N7O2/c1-19-18(22-7-6-21-17(26)14-4-3-5-20-10-14)25-8-9-27-16(13-25)15-11-23-24(2)12-15/h3-5,10-12,16H,6-9,13H2,1-2H3,(H,19,22)(H,21,26). The average molecular weight is 371 g/mol.